The zero-order chi connectivity index (χ0) is 22.7. The van der Waals surface area contributed by atoms with Gasteiger partial charge in [-0.15, -0.1) is 0 Å². The van der Waals surface area contributed by atoms with Gasteiger partial charge in [-0.1, -0.05) is 66.7 Å². The molecule has 4 atom stereocenters. The lowest BCUT2D eigenvalue weighted by molar-refractivity contribution is -0.0918. The Morgan fingerprint density at radius 2 is 1.62 bits per heavy atom. The number of hydrogen-bond donors (Lipinski definition) is 1. The van der Waals surface area contributed by atoms with Gasteiger partial charge in [0.15, 0.2) is 0 Å². The Kier molecular flexibility index (Phi) is 6.42. The highest BCUT2D eigenvalue weighted by molar-refractivity contribution is 5.87. The third-order valence-electron chi connectivity index (χ3n) is 6.30. The van der Waals surface area contributed by atoms with Crippen molar-refractivity contribution in [2.45, 2.75) is 31.5 Å². The Bertz CT molecular complexity index is 1090. The first kappa shape index (κ1) is 21.8. The van der Waals surface area contributed by atoms with Gasteiger partial charge >= 0.3 is 5.97 Å². The molecule has 0 amide bonds. The molecule has 1 N–H and O–H groups in total. The lowest BCUT2D eigenvalue weighted by Crippen LogP contribution is -2.31. The van der Waals surface area contributed by atoms with Gasteiger partial charge in [-0.3, -0.25) is 0 Å². The zero-order valence-corrected chi connectivity index (χ0v) is 18.4. The highest BCUT2D eigenvalue weighted by Crippen LogP contribution is 2.51. The largest absolute Gasteiger partial charge is 0.497 e. The normalized spacial score (nSPS) is 22.8. The average molecular weight is 429 g/mol. The summed E-state index contributed by atoms with van der Waals surface area (Å²) in [5, 5.41) is 9.48. The van der Waals surface area contributed by atoms with Crippen LogP contribution in [-0.4, -0.2) is 18.2 Å². The molecule has 0 radical (unpaired) electrons. The van der Waals surface area contributed by atoms with Crippen LogP contribution in [0.15, 0.2) is 91.0 Å². The van der Waals surface area contributed by atoms with E-state index in [2.05, 4.69) is 30.8 Å². The van der Waals surface area contributed by atoms with Crippen LogP contribution < -0.4 is 4.74 Å². The molecule has 4 nitrogen and oxygen atoms in total. The van der Waals surface area contributed by atoms with E-state index in [1.54, 1.807) is 25.3 Å². The van der Waals surface area contributed by atoms with Crippen LogP contribution in [0.1, 0.15) is 58.5 Å². The molecule has 1 saturated heterocycles. The van der Waals surface area contributed by atoms with Gasteiger partial charge < -0.3 is 14.6 Å². The molecular weight excluding hydrogens is 400 g/mol. The summed E-state index contributed by atoms with van der Waals surface area (Å²) in [7, 11) is 1.65. The van der Waals surface area contributed by atoms with Crippen molar-refractivity contribution in [2.75, 3.05) is 7.11 Å². The predicted molar refractivity (Wildman–Crippen MR) is 125 cm³/mol. The maximum atomic E-state index is 11.6. The maximum absolute atomic E-state index is 11.6. The lowest BCUT2D eigenvalue weighted by atomic mass is 9.74. The number of benzene rings is 3. The SMILES string of the molecule is C=C(C)[C@@H]1C[C@@H](c2ccccc2)[C@@H](c2ccc(OC)cc2)O[C@H]1c1cccc(C(=O)O)c1. The standard InChI is InChI=1S/C28H28O4/c1-18(2)24-17-25(19-8-5-4-6-9-19)26(20-12-14-23(31-3)15-13-20)32-27(24)21-10-7-11-22(16-21)28(29)30/h4-16,24-27H,1,17H2,2-3H3,(H,29,30)/t24-,25-,26+,27-/m0/s1. The molecule has 1 aliphatic rings. The average Bonchev–Trinajstić information content (AvgIpc) is 2.84. The van der Waals surface area contributed by atoms with Crippen molar-refractivity contribution >= 4 is 5.97 Å². The molecule has 1 aliphatic heterocycles. The molecule has 4 rings (SSSR count). The van der Waals surface area contributed by atoms with Gasteiger partial charge in [-0.25, -0.2) is 4.79 Å². The summed E-state index contributed by atoms with van der Waals surface area (Å²) in [6, 6.07) is 25.5. The number of carbonyl (C=O) groups is 1. The van der Waals surface area contributed by atoms with Crippen molar-refractivity contribution in [1.29, 1.82) is 0 Å². The monoisotopic (exact) mass is 428 g/mol. The van der Waals surface area contributed by atoms with E-state index >= 15 is 0 Å². The highest BCUT2D eigenvalue weighted by atomic mass is 16.5. The molecule has 164 valence electrons. The van der Waals surface area contributed by atoms with Crippen LogP contribution in [0.25, 0.3) is 0 Å². The number of hydrogen-bond acceptors (Lipinski definition) is 3. The van der Waals surface area contributed by atoms with E-state index in [0.29, 0.717) is 0 Å². The molecule has 0 aliphatic carbocycles. The van der Waals surface area contributed by atoms with Crippen molar-refractivity contribution in [2.24, 2.45) is 5.92 Å². The minimum atomic E-state index is -0.941. The molecule has 0 bridgehead atoms. The van der Waals surface area contributed by atoms with Gasteiger partial charge in [-0.05, 0) is 54.3 Å². The molecule has 3 aromatic rings. The minimum absolute atomic E-state index is 0.0683. The molecule has 0 spiro atoms. The number of carboxylic acid groups (broad SMARTS) is 1. The number of aromatic carboxylic acids is 1. The predicted octanol–water partition coefficient (Wildman–Crippen LogP) is 6.57. The van der Waals surface area contributed by atoms with Crippen LogP contribution in [-0.2, 0) is 4.74 Å². The number of methoxy groups -OCH3 is 1. The van der Waals surface area contributed by atoms with Gasteiger partial charge in [0.25, 0.3) is 0 Å². The minimum Gasteiger partial charge on any atom is -0.497 e. The summed E-state index contributed by atoms with van der Waals surface area (Å²) in [5.41, 5.74) is 4.45. The number of rotatable bonds is 6. The quantitative estimate of drug-likeness (QED) is 0.451. The molecule has 0 saturated carbocycles. The van der Waals surface area contributed by atoms with Crippen molar-refractivity contribution < 1.29 is 19.4 Å². The lowest BCUT2D eigenvalue weighted by Gasteiger charge is -2.43. The maximum Gasteiger partial charge on any atom is 0.335 e. The van der Waals surface area contributed by atoms with Crippen LogP contribution in [0.5, 0.6) is 5.75 Å². The van der Waals surface area contributed by atoms with Crippen LogP contribution in [0, 0.1) is 5.92 Å². The highest BCUT2D eigenvalue weighted by Gasteiger charge is 2.40. The number of ether oxygens (including phenoxy) is 2. The van der Waals surface area contributed by atoms with Gasteiger partial charge in [0.05, 0.1) is 24.9 Å². The Balaban J connectivity index is 1.78. The summed E-state index contributed by atoms with van der Waals surface area (Å²) in [5.74, 6) is 0.0682. The Morgan fingerprint density at radius 3 is 2.25 bits per heavy atom. The van der Waals surface area contributed by atoms with Gasteiger partial charge in [0, 0.05) is 11.8 Å². The van der Waals surface area contributed by atoms with Crippen LogP contribution in [0.3, 0.4) is 0 Å². The van der Waals surface area contributed by atoms with Crippen molar-refractivity contribution in [1.82, 2.24) is 0 Å². The van der Waals surface area contributed by atoms with E-state index in [0.717, 1.165) is 28.9 Å². The van der Waals surface area contributed by atoms with Crippen molar-refractivity contribution in [3.8, 4) is 5.75 Å². The van der Waals surface area contributed by atoms with E-state index in [-0.39, 0.29) is 29.6 Å². The summed E-state index contributed by atoms with van der Waals surface area (Å²) < 4.78 is 12.1. The second kappa shape index (κ2) is 9.41. The van der Waals surface area contributed by atoms with E-state index < -0.39 is 5.97 Å². The fourth-order valence-corrected chi connectivity index (χ4v) is 4.60. The van der Waals surface area contributed by atoms with Gasteiger partial charge in [0.1, 0.15) is 5.75 Å². The van der Waals surface area contributed by atoms with E-state index in [1.165, 1.54) is 5.56 Å². The Labute approximate surface area is 189 Å². The molecule has 0 unspecified atom stereocenters. The first-order valence-corrected chi connectivity index (χ1v) is 10.8. The van der Waals surface area contributed by atoms with E-state index in [4.69, 9.17) is 9.47 Å². The Morgan fingerprint density at radius 1 is 0.938 bits per heavy atom. The second-order valence-electron chi connectivity index (χ2n) is 8.39. The van der Waals surface area contributed by atoms with E-state index in [9.17, 15) is 9.90 Å². The first-order valence-electron chi connectivity index (χ1n) is 10.8. The smallest absolute Gasteiger partial charge is 0.335 e. The van der Waals surface area contributed by atoms with Crippen LogP contribution in [0.4, 0.5) is 0 Å². The molecule has 1 heterocycles. The molecule has 32 heavy (non-hydrogen) atoms. The first-order chi connectivity index (χ1) is 15.5. The van der Waals surface area contributed by atoms with Crippen LogP contribution in [0.2, 0.25) is 0 Å². The van der Waals surface area contributed by atoms with Gasteiger partial charge in [0.2, 0.25) is 0 Å². The summed E-state index contributed by atoms with van der Waals surface area (Å²) in [6.07, 6.45) is 0.397. The zero-order valence-electron chi connectivity index (χ0n) is 18.4. The summed E-state index contributed by atoms with van der Waals surface area (Å²) in [6.45, 7) is 6.27. The fraction of sp³-hybridized carbons (Fsp3) is 0.250. The number of carboxylic acids is 1. The third-order valence-corrected chi connectivity index (χ3v) is 6.30. The van der Waals surface area contributed by atoms with Crippen molar-refractivity contribution in [3.05, 3.63) is 113 Å². The topological polar surface area (TPSA) is 55.8 Å². The van der Waals surface area contributed by atoms with Crippen molar-refractivity contribution in [3.63, 3.8) is 0 Å². The second-order valence-corrected chi connectivity index (χ2v) is 8.39. The molecule has 3 aromatic carbocycles. The molecule has 0 aromatic heterocycles. The summed E-state index contributed by atoms with van der Waals surface area (Å²) >= 11 is 0. The Hall–Kier alpha value is -3.37. The van der Waals surface area contributed by atoms with Crippen LogP contribution >= 0.6 is 0 Å². The molecular formula is C28H28O4. The molecule has 4 heteroatoms. The molecule has 1 fully saturated rings. The third kappa shape index (κ3) is 4.46. The van der Waals surface area contributed by atoms with E-state index in [1.807, 2.05) is 43.3 Å². The fourth-order valence-electron chi connectivity index (χ4n) is 4.60. The summed E-state index contributed by atoms with van der Waals surface area (Å²) in [4.78, 5) is 11.6. The van der Waals surface area contributed by atoms with Gasteiger partial charge in [-0.2, -0.15) is 0 Å².